The van der Waals surface area contributed by atoms with Crippen molar-refractivity contribution in [2.75, 3.05) is 17.2 Å². The van der Waals surface area contributed by atoms with E-state index in [1.807, 2.05) is 30.5 Å². The molecule has 0 unspecified atom stereocenters. The number of benzene rings is 2. The molecule has 0 saturated heterocycles. The molecule has 144 valence electrons. The van der Waals surface area contributed by atoms with Crippen molar-refractivity contribution in [1.82, 2.24) is 0 Å². The number of carbonyl (C=O) groups is 2. The Hall–Kier alpha value is -2.16. The number of aryl methyl sites for hydroxylation is 1. The Balaban J connectivity index is 1.54. The van der Waals surface area contributed by atoms with Crippen LogP contribution in [-0.4, -0.2) is 18.4 Å². The van der Waals surface area contributed by atoms with Crippen molar-refractivity contribution in [3.05, 3.63) is 73.3 Å². The van der Waals surface area contributed by atoms with Crippen molar-refractivity contribution in [3.8, 4) is 5.75 Å². The zero-order chi connectivity index (χ0) is 20.1. The Kier molecular flexibility index (Phi) is 6.88. The van der Waals surface area contributed by atoms with Crippen LogP contribution in [0.4, 0.5) is 11.4 Å². The Morgan fingerprint density at radius 2 is 1.71 bits per heavy atom. The third-order valence-corrected chi connectivity index (χ3v) is 5.63. The van der Waals surface area contributed by atoms with Crippen LogP contribution >= 0.6 is 43.2 Å². The van der Waals surface area contributed by atoms with Gasteiger partial charge in [-0.15, -0.1) is 11.3 Å². The fraction of sp³-hybridized carbons (Fsp3) is 0.100. The third-order valence-electron chi connectivity index (χ3n) is 3.71. The number of ether oxygens (including phenoxy) is 1. The van der Waals surface area contributed by atoms with Crippen molar-refractivity contribution in [1.29, 1.82) is 0 Å². The van der Waals surface area contributed by atoms with Crippen molar-refractivity contribution in [2.24, 2.45) is 0 Å². The number of nitrogens with one attached hydrogen (secondary N) is 2. The summed E-state index contributed by atoms with van der Waals surface area (Å²) in [5, 5.41) is 7.44. The van der Waals surface area contributed by atoms with Crippen LogP contribution in [-0.2, 0) is 4.79 Å². The fourth-order valence-corrected chi connectivity index (χ4v) is 4.62. The molecule has 0 atom stereocenters. The maximum absolute atomic E-state index is 12.2. The number of hydrogen-bond donors (Lipinski definition) is 2. The molecule has 1 heterocycles. The predicted molar refractivity (Wildman–Crippen MR) is 119 cm³/mol. The lowest BCUT2D eigenvalue weighted by Crippen LogP contribution is -2.20. The first-order valence-corrected chi connectivity index (χ1v) is 10.7. The van der Waals surface area contributed by atoms with Crippen LogP contribution in [0.25, 0.3) is 0 Å². The van der Waals surface area contributed by atoms with E-state index < -0.39 is 0 Å². The number of thiophene rings is 1. The maximum atomic E-state index is 12.2. The zero-order valence-electron chi connectivity index (χ0n) is 14.8. The van der Waals surface area contributed by atoms with Gasteiger partial charge >= 0.3 is 0 Å². The molecule has 0 aliphatic rings. The summed E-state index contributed by atoms with van der Waals surface area (Å²) in [6.45, 7) is 1.80. The monoisotopic (exact) mass is 522 g/mol. The number of amides is 2. The minimum absolute atomic E-state index is 0.113. The third kappa shape index (κ3) is 5.43. The molecule has 1 aromatic heterocycles. The van der Waals surface area contributed by atoms with Gasteiger partial charge in [0.2, 0.25) is 0 Å². The van der Waals surface area contributed by atoms with E-state index in [9.17, 15) is 9.59 Å². The summed E-state index contributed by atoms with van der Waals surface area (Å²) >= 11 is 8.23. The normalized spacial score (nSPS) is 10.4. The van der Waals surface area contributed by atoms with Gasteiger partial charge in [-0.05, 0) is 76.3 Å². The van der Waals surface area contributed by atoms with Gasteiger partial charge in [-0.25, -0.2) is 0 Å². The van der Waals surface area contributed by atoms with Crippen LogP contribution in [0.2, 0.25) is 0 Å². The van der Waals surface area contributed by atoms with Gasteiger partial charge in [0.05, 0.1) is 9.35 Å². The SMILES string of the molecule is Cc1cc(Br)cc(Br)c1OCC(=O)Nc1ccc(NC(=O)c2cccs2)cc1. The molecule has 0 aliphatic carbocycles. The van der Waals surface area contributed by atoms with Gasteiger partial charge in [0.15, 0.2) is 6.61 Å². The lowest BCUT2D eigenvalue weighted by molar-refractivity contribution is -0.118. The minimum Gasteiger partial charge on any atom is -0.482 e. The highest BCUT2D eigenvalue weighted by molar-refractivity contribution is 9.11. The van der Waals surface area contributed by atoms with Gasteiger partial charge in [-0.3, -0.25) is 9.59 Å². The smallest absolute Gasteiger partial charge is 0.265 e. The Labute approximate surface area is 183 Å². The van der Waals surface area contributed by atoms with Crippen LogP contribution < -0.4 is 15.4 Å². The van der Waals surface area contributed by atoms with Gasteiger partial charge in [0, 0.05) is 15.8 Å². The highest BCUT2D eigenvalue weighted by atomic mass is 79.9. The summed E-state index contributed by atoms with van der Waals surface area (Å²) in [7, 11) is 0. The Morgan fingerprint density at radius 3 is 2.32 bits per heavy atom. The Morgan fingerprint density at radius 1 is 1.04 bits per heavy atom. The first kappa shape index (κ1) is 20.6. The summed E-state index contributed by atoms with van der Waals surface area (Å²) in [5.41, 5.74) is 2.19. The number of halogens is 2. The summed E-state index contributed by atoms with van der Waals surface area (Å²) in [5.74, 6) is 0.199. The Bertz CT molecular complexity index is 966. The second-order valence-corrected chi connectivity index (χ2v) is 8.60. The summed E-state index contributed by atoms with van der Waals surface area (Å²) in [4.78, 5) is 24.8. The van der Waals surface area contributed by atoms with Gasteiger partial charge in [-0.2, -0.15) is 0 Å². The average molecular weight is 524 g/mol. The largest absolute Gasteiger partial charge is 0.482 e. The van der Waals surface area contributed by atoms with E-state index in [0.29, 0.717) is 22.0 Å². The molecule has 0 aliphatic heterocycles. The second kappa shape index (κ2) is 9.36. The maximum Gasteiger partial charge on any atom is 0.265 e. The molecule has 0 fully saturated rings. The van der Waals surface area contributed by atoms with Crippen LogP contribution in [0.5, 0.6) is 5.75 Å². The molecule has 0 saturated carbocycles. The molecule has 3 aromatic rings. The van der Waals surface area contributed by atoms with Crippen LogP contribution in [0, 0.1) is 6.92 Å². The standard InChI is InChI=1S/C20H16Br2N2O3S/c1-12-9-13(21)10-16(22)19(12)27-11-18(25)23-14-4-6-15(7-5-14)24-20(26)17-3-2-8-28-17/h2-10H,11H2,1H3,(H,23,25)(H,24,26). The van der Waals surface area contributed by atoms with Crippen LogP contribution in [0.15, 0.2) is 62.9 Å². The van der Waals surface area contributed by atoms with E-state index in [2.05, 4.69) is 42.5 Å². The first-order chi connectivity index (χ1) is 13.4. The molecule has 2 N–H and O–H groups in total. The van der Waals surface area contributed by atoms with E-state index in [1.165, 1.54) is 11.3 Å². The highest BCUT2D eigenvalue weighted by Crippen LogP contribution is 2.32. The molecule has 0 bridgehead atoms. The lowest BCUT2D eigenvalue weighted by Gasteiger charge is -2.12. The van der Waals surface area contributed by atoms with E-state index in [0.717, 1.165) is 14.5 Å². The van der Waals surface area contributed by atoms with Gasteiger partial charge in [-0.1, -0.05) is 22.0 Å². The topological polar surface area (TPSA) is 67.4 Å². The predicted octanol–water partition coefficient (Wildman–Crippen LogP) is 5.85. The number of rotatable bonds is 6. The van der Waals surface area contributed by atoms with E-state index in [4.69, 9.17) is 4.74 Å². The quantitative estimate of drug-likeness (QED) is 0.425. The molecular formula is C20H16Br2N2O3S. The molecule has 2 amide bonds. The molecular weight excluding hydrogens is 508 g/mol. The molecule has 5 nitrogen and oxygen atoms in total. The minimum atomic E-state index is -0.274. The van der Waals surface area contributed by atoms with Gasteiger partial charge in [0.25, 0.3) is 11.8 Å². The molecule has 8 heteroatoms. The van der Waals surface area contributed by atoms with Crippen LogP contribution in [0.1, 0.15) is 15.2 Å². The first-order valence-electron chi connectivity index (χ1n) is 8.25. The van der Waals surface area contributed by atoms with Gasteiger partial charge in [0.1, 0.15) is 5.75 Å². The number of hydrogen-bond acceptors (Lipinski definition) is 4. The van der Waals surface area contributed by atoms with Crippen molar-refractivity contribution in [2.45, 2.75) is 6.92 Å². The van der Waals surface area contributed by atoms with Crippen molar-refractivity contribution in [3.63, 3.8) is 0 Å². The number of anilines is 2. The fourth-order valence-electron chi connectivity index (χ4n) is 2.44. The molecule has 28 heavy (non-hydrogen) atoms. The van der Waals surface area contributed by atoms with E-state index >= 15 is 0 Å². The molecule has 2 aromatic carbocycles. The van der Waals surface area contributed by atoms with Crippen LogP contribution in [0.3, 0.4) is 0 Å². The molecule has 0 spiro atoms. The number of carbonyl (C=O) groups excluding carboxylic acids is 2. The lowest BCUT2D eigenvalue weighted by atomic mass is 10.2. The van der Waals surface area contributed by atoms with E-state index in [1.54, 1.807) is 30.3 Å². The zero-order valence-corrected chi connectivity index (χ0v) is 18.8. The summed E-state index contributed by atoms with van der Waals surface area (Å²) in [6.07, 6.45) is 0. The summed E-state index contributed by atoms with van der Waals surface area (Å²) < 4.78 is 7.35. The van der Waals surface area contributed by atoms with Crippen molar-refractivity contribution >= 4 is 66.4 Å². The average Bonchev–Trinajstić information content (AvgIpc) is 3.17. The van der Waals surface area contributed by atoms with E-state index in [-0.39, 0.29) is 18.4 Å². The summed E-state index contributed by atoms with van der Waals surface area (Å²) in [6, 6.07) is 14.3. The second-order valence-electron chi connectivity index (χ2n) is 5.88. The molecule has 0 radical (unpaired) electrons. The molecule has 3 rings (SSSR count). The van der Waals surface area contributed by atoms with Crippen molar-refractivity contribution < 1.29 is 14.3 Å². The van der Waals surface area contributed by atoms with Gasteiger partial charge < -0.3 is 15.4 Å². The highest BCUT2D eigenvalue weighted by Gasteiger charge is 2.11.